The number of ketones is 1. The zero-order chi connectivity index (χ0) is 20.0. The van der Waals surface area contributed by atoms with E-state index in [0.717, 1.165) is 0 Å². The quantitative estimate of drug-likeness (QED) is 0.486. The highest BCUT2D eigenvalue weighted by atomic mass is 16.5. The normalized spacial score (nSPS) is 15.2. The first-order chi connectivity index (χ1) is 12.8. The van der Waals surface area contributed by atoms with Gasteiger partial charge in [-0.3, -0.25) is 19.2 Å². The third-order valence-corrected chi connectivity index (χ3v) is 4.56. The molecule has 0 radical (unpaired) electrons. The average molecular weight is 372 g/mol. The number of amides is 2. The molecule has 1 aliphatic rings. The molecule has 2 amide bonds. The molecular formula is C20H24N2O5. The van der Waals surface area contributed by atoms with Gasteiger partial charge in [0.05, 0.1) is 13.0 Å². The maximum atomic E-state index is 12.5. The van der Waals surface area contributed by atoms with Crippen LogP contribution in [-0.2, 0) is 19.1 Å². The standard InChI is InChI=1S/C20H24N2O5/c1-13(19(25)22-10-8-16(9-11-22)20(26)27-3)12-18(24)21-17-6-4-15(5-7-17)14(2)23/h4-7,12,16H,8-11H2,1-3H3,(H,21,24)/b13-12-. The maximum Gasteiger partial charge on any atom is 0.308 e. The summed E-state index contributed by atoms with van der Waals surface area (Å²) in [6.07, 6.45) is 2.37. The minimum absolute atomic E-state index is 0.0508. The Morgan fingerprint density at radius 2 is 1.67 bits per heavy atom. The molecule has 0 aliphatic carbocycles. The predicted molar refractivity (Wildman–Crippen MR) is 100 cm³/mol. The van der Waals surface area contributed by atoms with Crippen molar-refractivity contribution in [1.29, 1.82) is 0 Å². The fraction of sp³-hybridized carbons (Fsp3) is 0.400. The van der Waals surface area contributed by atoms with Gasteiger partial charge in [0.1, 0.15) is 0 Å². The topological polar surface area (TPSA) is 92.8 Å². The van der Waals surface area contributed by atoms with Crippen molar-refractivity contribution in [3.63, 3.8) is 0 Å². The highest BCUT2D eigenvalue weighted by molar-refractivity contribution is 6.06. The second-order valence-electron chi connectivity index (χ2n) is 6.54. The summed E-state index contributed by atoms with van der Waals surface area (Å²) < 4.78 is 4.74. The van der Waals surface area contributed by atoms with Gasteiger partial charge in [0.25, 0.3) is 0 Å². The molecule has 1 fully saturated rings. The molecule has 1 N–H and O–H groups in total. The van der Waals surface area contributed by atoms with Crippen LogP contribution in [0.25, 0.3) is 0 Å². The summed E-state index contributed by atoms with van der Waals surface area (Å²) in [7, 11) is 1.36. The summed E-state index contributed by atoms with van der Waals surface area (Å²) in [6, 6.07) is 6.53. The molecule has 1 heterocycles. The van der Waals surface area contributed by atoms with Gasteiger partial charge in [0.15, 0.2) is 5.78 Å². The van der Waals surface area contributed by atoms with Gasteiger partial charge < -0.3 is 15.0 Å². The maximum absolute atomic E-state index is 12.5. The largest absolute Gasteiger partial charge is 0.469 e. The molecule has 0 spiro atoms. The van der Waals surface area contributed by atoms with Gasteiger partial charge in [-0.05, 0) is 51.0 Å². The lowest BCUT2D eigenvalue weighted by Crippen LogP contribution is -2.41. The zero-order valence-corrected chi connectivity index (χ0v) is 15.8. The summed E-state index contributed by atoms with van der Waals surface area (Å²) >= 11 is 0. The number of rotatable bonds is 5. The van der Waals surface area contributed by atoms with Crippen LogP contribution in [0.15, 0.2) is 35.9 Å². The number of nitrogens with zero attached hydrogens (tertiary/aromatic N) is 1. The highest BCUT2D eigenvalue weighted by Crippen LogP contribution is 2.20. The Balaban J connectivity index is 1.91. The first-order valence-electron chi connectivity index (χ1n) is 8.79. The molecule has 2 rings (SSSR count). The second kappa shape index (κ2) is 9.12. The lowest BCUT2D eigenvalue weighted by atomic mass is 9.96. The summed E-state index contributed by atoms with van der Waals surface area (Å²) in [5.41, 5.74) is 1.43. The number of benzene rings is 1. The fourth-order valence-electron chi connectivity index (χ4n) is 2.96. The van der Waals surface area contributed by atoms with Gasteiger partial charge in [-0.1, -0.05) is 0 Å². The number of anilines is 1. The fourth-order valence-corrected chi connectivity index (χ4v) is 2.96. The van der Waals surface area contributed by atoms with Crippen molar-refractivity contribution in [1.82, 2.24) is 4.90 Å². The molecule has 1 aliphatic heterocycles. The van der Waals surface area contributed by atoms with E-state index in [1.165, 1.54) is 20.1 Å². The number of likely N-dealkylation sites (tertiary alicyclic amines) is 1. The minimum Gasteiger partial charge on any atom is -0.469 e. The number of carbonyl (C=O) groups excluding carboxylic acids is 4. The lowest BCUT2D eigenvalue weighted by molar-refractivity contribution is -0.148. The SMILES string of the molecule is COC(=O)C1CCN(C(=O)/C(C)=C\C(=O)Nc2ccc(C(C)=O)cc2)CC1. The first kappa shape index (κ1) is 20.4. The Hall–Kier alpha value is -2.96. The van der Waals surface area contributed by atoms with E-state index in [-0.39, 0.29) is 23.6 Å². The number of nitrogens with one attached hydrogen (secondary N) is 1. The number of Topliss-reactive ketones (excluding diaryl/α,β-unsaturated/α-hetero) is 1. The van der Waals surface area contributed by atoms with Gasteiger partial charge in [0.2, 0.25) is 11.8 Å². The van der Waals surface area contributed by atoms with E-state index >= 15 is 0 Å². The molecule has 27 heavy (non-hydrogen) atoms. The van der Waals surface area contributed by atoms with Crippen LogP contribution in [-0.4, -0.2) is 48.7 Å². The van der Waals surface area contributed by atoms with E-state index in [2.05, 4.69) is 5.32 Å². The molecule has 1 saturated heterocycles. The Morgan fingerprint density at radius 1 is 1.07 bits per heavy atom. The van der Waals surface area contributed by atoms with Crippen molar-refractivity contribution in [3.05, 3.63) is 41.5 Å². The smallest absolute Gasteiger partial charge is 0.308 e. The third-order valence-electron chi connectivity index (χ3n) is 4.56. The molecule has 7 heteroatoms. The third kappa shape index (κ3) is 5.51. The summed E-state index contributed by atoms with van der Waals surface area (Å²) in [5, 5.41) is 2.67. The van der Waals surface area contributed by atoms with E-state index in [4.69, 9.17) is 4.74 Å². The van der Waals surface area contributed by atoms with Crippen molar-refractivity contribution < 1.29 is 23.9 Å². The Morgan fingerprint density at radius 3 is 2.19 bits per heavy atom. The second-order valence-corrected chi connectivity index (χ2v) is 6.54. The molecular weight excluding hydrogens is 348 g/mol. The number of hydrogen-bond acceptors (Lipinski definition) is 5. The van der Waals surface area contributed by atoms with E-state index in [0.29, 0.717) is 42.8 Å². The Kier molecular flexibility index (Phi) is 6.87. The number of esters is 1. The summed E-state index contributed by atoms with van der Waals surface area (Å²) in [5.74, 6) is -1.11. The van der Waals surface area contributed by atoms with Gasteiger partial charge in [-0.2, -0.15) is 0 Å². The van der Waals surface area contributed by atoms with Crippen LogP contribution in [0.2, 0.25) is 0 Å². The monoisotopic (exact) mass is 372 g/mol. The molecule has 1 aromatic rings. The van der Waals surface area contributed by atoms with E-state index in [1.807, 2.05) is 0 Å². The number of carbonyl (C=O) groups is 4. The Labute approximate surface area is 158 Å². The summed E-state index contributed by atoms with van der Waals surface area (Å²) in [6.45, 7) is 3.97. The van der Waals surface area contributed by atoms with Crippen molar-refractivity contribution in [2.45, 2.75) is 26.7 Å². The van der Waals surface area contributed by atoms with Crippen molar-refractivity contribution in [2.24, 2.45) is 5.92 Å². The summed E-state index contributed by atoms with van der Waals surface area (Å²) in [4.78, 5) is 49.0. The van der Waals surface area contributed by atoms with Crippen LogP contribution < -0.4 is 5.32 Å². The highest BCUT2D eigenvalue weighted by Gasteiger charge is 2.28. The van der Waals surface area contributed by atoms with Crippen molar-refractivity contribution in [3.8, 4) is 0 Å². The van der Waals surface area contributed by atoms with E-state index in [9.17, 15) is 19.2 Å². The van der Waals surface area contributed by atoms with Crippen molar-refractivity contribution in [2.75, 3.05) is 25.5 Å². The minimum atomic E-state index is -0.416. The predicted octanol–water partition coefficient (Wildman–Crippen LogP) is 2.19. The number of piperidine rings is 1. The number of hydrogen-bond donors (Lipinski definition) is 1. The number of ether oxygens (including phenoxy) is 1. The molecule has 1 aromatic carbocycles. The van der Waals surface area contributed by atoms with Gasteiger partial charge in [-0.15, -0.1) is 0 Å². The molecule has 0 aromatic heterocycles. The van der Waals surface area contributed by atoms with Crippen LogP contribution in [0.5, 0.6) is 0 Å². The van der Waals surface area contributed by atoms with Crippen LogP contribution in [0.3, 0.4) is 0 Å². The van der Waals surface area contributed by atoms with E-state index in [1.54, 1.807) is 36.1 Å². The Bertz CT molecular complexity index is 759. The van der Waals surface area contributed by atoms with E-state index < -0.39 is 5.91 Å². The lowest BCUT2D eigenvalue weighted by Gasteiger charge is -2.30. The van der Waals surface area contributed by atoms with Gasteiger partial charge >= 0.3 is 5.97 Å². The average Bonchev–Trinajstić information content (AvgIpc) is 2.67. The molecule has 144 valence electrons. The van der Waals surface area contributed by atoms with Crippen LogP contribution in [0.1, 0.15) is 37.0 Å². The molecule has 7 nitrogen and oxygen atoms in total. The zero-order valence-electron chi connectivity index (χ0n) is 15.8. The van der Waals surface area contributed by atoms with Crippen LogP contribution >= 0.6 is 0 Å². The molecule has 0 bridgehead atoms. The number of methoxy groups -OCH3 is 1. The van der Waals surface area contributed by atoms with Crippen LogP contribution in [0, 0.1) is 5.92 Å². The van der Waals surface area contributed by atoms with Gasteiger partial charge in [0, 0.05) is 36.0 Å². The van der Waals surface area contributed by atoms with Gasteiger partial charge in [-0.25, -0.2) is 0 Å². The molecule has 0 atom stereocenters. The molecule has 0 saturated carbocycles. The molecule has 0 unspecified atom stereocenters. The first-order valence-corrected chi connectivity index (χ1v) is 8.79. The van der Waals surface area contributed by atoms with Crippen LogP contribution in [0.4, 0.5) is 5.69 Å². The van der Waals surface area contributed by atoms with Crippen molar-refractivity contribution >= 4 is 29.3 Å².